The molecule has 0 aliphatic carbocycles. The first-order valence-corrected chi connectivity index (χ1v) is 26.8. The van der Waals surface area contributed by atoms with Crippen molar-refractivity contribution >= 4 is 103 Å². The number of cyclic esters (lactones) is 2. The van der Waals surface area contributed by atoms with Gasteiger partial charge in [-0.3, -0.25) is 48.3 Å². The largest absolute Gasteiger partial charge is 0.461 e. The van der Waals surface area contributed by atoms with Crippen LogP contribution in [0.1, 0.15) is 62.5 Å². The van der Waals surface area contributed by atoms with Crippen LogP contribution < -0.4 is 21.3 Å². The predicted octanol–water partition coefficient (Wildman–Crippen LogP) is 0.594. The van der Waals surface area contributed by atoms with E-state index in [2.05, 4.69) is 41.2 Å². The van der Waals surface area contributed by atoms with Crippen molar-refractivity contribution in [2.75, 3.05) is 52.9 Å². The van der Waals surface area contributed by atoms with E-state index < -0.39 is 133 Å². The molecule has 8 amide bonds. The van der Waals surface area contributed by atoms with E-state index in [1.165, 1.54) is 54.4 Å². The number of ether oxygens (including phenoxy) is 2. The molecule has 4 heterocycles. The second-order valence-corrected chi connectivity index (χ2v) is 21.6. The van der Waals surface area contributed by atoms with Crippen LogP contribution in [0.3, 0.4) is 0 Å². The molecule has 2 aliphatic heterocycles. The second-order valence-electron chi connectivity index (χ2n) is 19.0. The Morgan fingerprint density at radius 3 is 1.24 bits per heavy atom. The molecule has 76 heavy (non-hydrogen) atoms. The van der Waals surface area contributed by atoms with Crippen LogP contribution >= 0.6 is 21.6 Å². The summed E-state index contributed by atoms with van der Waals surface area (Å²) in [6.07, 6.45) is 2.40. The number of esters is 2. The van der Waals surface area contributed by atoms with Crippen molar-refractivity contribution in [3.8, 4) is 0 Å². The number of nitrogens with one attached hydrogen (secondary N) is 4. The summed E-state index contributed by atoms with van der Waals surface area (Å²) in [4.78, 5) is 164. The highest BCUT2D eigenvalue weighted by Crippen LogP contribution is 2.29. The quantitative estimate of drug-likeness (QED) is 0.152. The fourth-order valence-electron chi connectivity index (χ4n) is 8.56. The molecule has 0 spiro atoms. The number of rotatable bonds is 6. The summed E-state index contributed by atoms with van der Waals surface area (Å²) in [5.74, 6) is -10.3. The van der Waals surface area contributed by atoms with Crippen molar-refractivity contribution in [3.63, 3.8) is 0 Å². The number of carbonyl (C=O) groups excluding carboxylic acids is 10. The van der Waals surface area contributed by atoms with Gasteiger partial charge in [-0.25, -0.2) is 19.6 Å². The third kappa shape index (κ3) is 13.5. The van der Waals surface area contributed by atoms with Gasteiger partial charge in [-0.05, 0) is 49.9 Å². The summed E-state index contributed by atoms with van der Waals surface area (Å²) < 4.78 is 11.4. The minimum atomic E-state index is -1.65. The molecular weight excluding hydrogens is 1020 g/mol. The van der Waals surface area contributed by atoms with Gasteiger partial charge in [-0.2, -0.15) is 0 Å². The first-order valence-electron chi connectivity index (χ1n) is 24.3. The highest BCUT2D eigenvalue weighted by atomic mass is 33.1. The topological polar surface area (TPSA) is 302 Å². The number of benzene rings is 2. The third-order valence-electron chi connectivity index (χ3n) is 12.9. The molecule has 8 atom stereocenters. The average molecular weight is 1090 g/mol. The van der Waals surface area contributed by atoms with Crippen LogP contribution in [0.4, 0.5) is 0 Å². The lowest BCUT2D eigenvalue weighted by atomic mass is 10.0. The molecule has 2 aliphatic rings. The molecule has 26 heteroatoms. The van der Waals surface area contributed by atoms with Crippen LogP contribution in [0.5, 0.6) is 0 Å². The Bertz CT molecular complexity index is 2700. The van der Waals surface area contributed by atoms with Crippen molar-refractivity contribution in [1.82, 2.24) is 60.8 Å². The van der Waals surface area contributed by atoms with E-state index >= 15 is 0 Å². The zero-order valence-electron chi connectivity index (χ0n) is 43.7. The Morgan fingerprint density at radius 2 is 0.895 bits per heavy atom. The van der Waals surface area contributed by atoms with Crippen LogP contribution in [0, 0.1) is 11.8 Å². The Hall–Kier alpha value is -7.48. The number of amides is 8. The highest BCUT2D eigenvalue weighted by Gasteiger charge is 2.42. The molecule has 0 unspecified atom stereocenters. The van der Waals surface area contributed by atoms with E-state index in [1.54, 1.807) is 76.2 Å². The van der Waals surface area contributed by atoms with Crippen LogP contribution in [0.15, 0.2) is 60.9 Å². The van der Waals surface area contributed by atoms with Crippen LogP contribution in [-0.4, -0.2) is 200 Å². The van der Waals surface area contributed by atoms with Gasteiger partial charge in [-0.15, -0.1) is 0 Å². The maximum absolute atomic E-state index is 14.8. The third-order valence-corrected chi connectivity index (χ3v) is 15.2. The first-order chi connectivity index (χ1) is 36.0. The lowest BCUT2D eigenvalue weighted by Gasteiger charge is -2.37. The van der Waals surface area contributed by atoms with Gasteiger partial charge in [0.2, 0.25) is 35.4 Å². The van der Waals surface area contributed by atoms with Gasteiger partial charge in [0.15, 0.2) is 0 Å². The van der Waals surface area contributed by atoms with E-state index in [4.69, 9.17) is 9.47 Å². The molecule has 4 aromatic rings. The number of carbonyl (C=O) groups is 10. The lowest BCUT2D eigenvalue weighted by molar-refractivity contribution is -0.160. The van der Waals surface area contributed by atoms with E-state index in [0.717, 1.165) is 41.2 Å². The molecule has 2 aromatic heterocycles. The van der Waals surface area contributed by atoms with Gasteiger partial charge >= 0.3 is 11.9 Å². The summed E-state index contributed by atoms with van der Waals surface area (Å²) in [7, 11) is 7.48. The summed E-state index contributed by atoms with van der Waals surface area (Å²) in [6.45, 7) is 7.71. The normalized spacial score (nSPS) is 24.7. The zero-order chi connectivity index (χ0) is 55.7. The summed E-state index contributed by atoms with van der Waals surface area (Å²) in [5.41, 5.74) is 1.39. The van der Waals surface area contributed by atoms with Crippen LogP contribution in [-0.2, 0) is 47.8 Å². The summed E-state index contributed by atoms with van der Waals surface area (Å²) in [5, 5.41) is 10.2. The van der Waals surface area contributed by atoms with E-state index in [-0.39, 0.29) is 22.9 Å². The van der Waals surface area contributed by atoms with Gasteiger partial charge in [0.05, 0.1) is 34.5 Å². The average Bonchev–Trinajstić information content (AvgIpc) is 3.39. The maximum atomic E-state index is 14.8. The van der Waals surface area contributed by atoms with Gasteiger partial charge in [0.25, 0.3) is 11.8 Å². The van der Waals surface area contributed by atoms with E-state index in [1.807, 2.05) is 0 Å². The highest BCUT2D eigenvalue weighted by molar-refractivity contribution is 8.76. The predicted molar refractivity (Wildman–Crippen MR) is 280 cm³/mol. The van der Waals surface area contributed by atoms with E-state index in [9.17, 15) is 47.9 Å². The molecule has 2 bridgehead atoms. The zero-order valence-corrected chi connectivity index (χ0v) is 45.3. The van der Waals surface area contributed by atoms with E-state index in [0.29, 0.717) is 22.1 Å². The van der Waals surface area contributed by atoms with Gasteiger partial charge in [-0.1, -0.05) is 73.5 Å². The lowest BCUT2D eigenvalue weighted by Crippen LogP contribution is -2.60. The summed E-state index contributed by atoms with van der Waals surface area (Å²) in [6, 6.07) is 2.10. The number of para-hydroxylation sites is 4. The minimum Gasteiger partial charge on any atom is -0.461 e. The molecule has 406 valence electrons. The summed E-state index contributed by atoms with van der Waals surface area (Å²) >= 11 is 0. The van der Waals surface area contributed by atoms with Crippen molar-refractivity contribution in [2.45, 2.75) is 89.9 Å². The minimum absolute atomic E-state index is 0.157. The molecule has 4 N–H and O–H groups in total. The van der Waals surface area contributed by atoms with Crippen molar-refractivity contribution < 1.29 is 57.4 Å². The number of hydrogen-bond acceptors (Lipinski definition) is 18. The standard InChI is InChI=1S/C50H62N12O12S2/c1-25(2)39-49(71)73-21-35(57-41(63)33-19-51-29-15-11-13-17-31(29)55-33)43(65)53-28(6)46(68)60(8)38-24-76-75-23-37(47(69)61(39)9)59(7)45(67)27(5)54-44(66)36(22-74-50(72)40(26(3)4)62(10)48(38)70)58-42(64)34-20-52-30-16-12-14-18-32(30)56-34/h11-20,25-28,35-40H,21-24H2,1-10H3,(H,53,65)(H,54,66)(H,57,63)(H,58,64)/t27-,28-,35+,36+,37-,38-,39-,40-/m1/s1. The molecule has 2 aromatic carbocycles. The number of aromatic nitrogens is 4. The number of likely N-dealkylation sites (N-methyl/N-ethyl adjacent to an activating group) is 4. The molecule has 2 fully saturated rings. The van der Waals surface area contributed by atoms with Crippen LogP contribution in [0.25, 0.3) is 22.1 Å². The first kappa shape index (κ1) is 57.8. The molecular formula is C50H62N12O12S2. The number of hydrogen-bond donors (Lipinski definition) is 4. The molecule has 0 saturated carbocycles. The van der Waals surface area contributed by atoms with Gasteiger partial charge < -0.3 is 50.3 Å². The maximum Gasteiger partial charge on any atom is 0.329 e. The molecule has 2 saturated heterocycles. The second kappa shape index (κ2) is 25.4. The fourth-order valence-corrected chi connectivity index (χ4v) is 11.1. The fraction of sp³-hybridized carbons (Fsp3) is 0.480. The Labute approximate surface area is 446 Å². The molecule has 0 radical (unpaired) electrons. The molecule has 6 rings (SSSR count). The van der Waals surface area contributed by atoms with Gasteiger partial charge in [0, 0.05) is 39.7 Å². The van der Waals surface area contributed by atoms with Crippen LogP contribution in [0.2, 0.25) is 0 Å². The SMILES string of the molecule is CC(C)[C@@H]1C(=O)OC[C@H](NC(=O)c2cnc3ccccc3n2)C(=O)N[C@H](C)C(=O)N(C)[C@@H]2CSSC[C@H](C(=O)N1C)N(C)C(=O)[C@@H](C)NC(=O)[C@@H](NC(=O)c1cnc3ccccc3n1)COC(=O)[C@@H](C(C)C)N(C)C2=O. The Balaban J connectivity index is 1.39. The van der Waals surface area contributed by atoms with Crippen molar-refractivity contribution in [3.05, 3.63) is 72.3 Å². The van der Waals surface area contributed by atoms with Crippen molar-refractivity contribution in [2.24, 2.45) is 11.8 Å². The Kier molecular flexibility index (Phi) is 19.3. The van der Waals surface area contributed by atoms with Crippen molar-refractivity contribution in [1.29, 1.82) is 0 Å². The number of fused-ring (bicyclic) bond motifs is 7. The number of nitrogens with zero attached hydrogens (tertiary/aromatic N) is 8. The molecule has 24 nitrogen and oxygen atoms in total. The smallest absolute Gasteiger partial charge is 0.329 e. The van der Waals surface area contributed by atoms with Gasteiger partial charge in [0.1, 0.15) is 72.9 Å². The Morgan fingerprint density at radius 1 is 0.553 bits per heavy atom. The monoisotopic (exact) mass is 1090 g/mol.